The van der Waals surface area contributed by atoms with Crippen LogP contribution in [0.5, 0.6) is 0 Å². The van der Waals surface area contributed by atoms with Gasteiger partial charge >= 0.3 is 0 Å². The summed E-state index contributed by atoms with van der Waals surface area (Å²) in [5, 5.41) is 1.95. The third-order valence-electron chi connectivity index (χ3n) is 3.01. The highest BCUT2D eigenvalue weighted by Gasteiger charge is 2.12. The monoisotopic (exact) mass is 291 g/mol. The van der Waals surface area contributed by atoms with Crippen LogP contribution in [0.3, 0.4) is 0 Å². The molecule has 0 fully saturated rings. The summed E-state index contributed by atoms with van der Waals surface area (Å²) < 4.78 is 5.81. The highest BCUT2D eigenvalue weighted by Crippen LogP contribution is 2.36. The SMILES string of the molecule is Cc1ccc(N)c(-c2cc3cc(Cl)cc(Cl)c3o2)c1. The van der Waals surface area contributed by atoms with E-state index in [1.165, 1.54) is 0 Å². The van der Waals surface area contributed by atoms with Gasteiger partial charge in [0.2, 0.25) is 0 Å². The third-order valence-corrected chi connectivity index (χ3v) is 3.51. The van der Waals surface area contributed by atoms with E-state index < -0.39 is 0 Å². The summed E-state index contributed by atoms with van der Waals surface area (Å²) in [7, 11) is 0. The summed E-state index contributed by atoms with van der Waals surface area (Å²) in [6.45, 7) is 2.01. The summed E-state index contributed by atoms with van der Waals surface area (Å²) in [4.78, 5) is 0. The molecule has 0 spiro atoms. The summed E-state index contributed by atoms with van der Waals surface area (Å²) in [6.07, 6.45) is 0. The van der Waals surface area contributed by atoms with Gasteiger partial charge in [-0.3, -0.25) is 0 Å². The van der Waals surface area contributed by atoms with Gasteiger partial charge in [-0.05, 0) is 37.3 Å². The minimum Gasteiger partial charge on any atom is -0.454 e. The van der Waals surface area contributed by atoms with Gasteiger partial charge in [0.05, 0.1) is 5.02 Å². The maximum Gasteiger partial charge on any atom is 0.153 e. The molecule has 0 aliphatic carbocycles. The molecule has 1 aromatic heterocycles. The van der Waals surface area contributed by atoms with Crippen LogP contribution in [0.15, 0.2) is 40.8 Å². The number of anilines is 1. The van der Waals surface area contributed by atoms with E-state index in [0.29, 0.717) is 27.1 Å². The van der Waals surface area contributed by atoms with Gasteiger partial charge < -0.3 is 10.2 Å². The number of rotatable bonds is 1. The Morgan fingerprint density at radius 3 is 2.63 bits per heavy atom. The lowest BCUT2D eigenvalue weighted by molar-refractivity contribution is 0.632. The first kappa shape index (κ1) is 12.4. The molecule has 2 aromatic carbocycles. The normalized spacial score (nSPS) is 11.1. The summed E-state index contributed by atoms with van der Waals surface area (Å²) in [6, 6.07) is 11.2. The molecule has 0 saturated carbocycles. The average Bonchev–Trinajstić information content (AvgIpc) is 2.76. The lowest BCUT2D eigenvalue weighted by atomic mass is 10.1. The standard InChI is InChI=1S/C15H11Cl2NO/c1-8-2-3-13(18)11(4-8)14-6-9-5-10(16)7-12(17)15(9)19-14/h2-7H,18H2,1H3. The molecule has 4 heteroatoms. The van der Waals surface area contributed by atoms with Crippen LogP contribution in [0.1, 0.15) is 5.56 Å². The minimum atomic E-state index is 0.500. The first-order chi connectivity index (χ1) is 9.04. The van der Waals surface area contributed by atoms with Gasteiger partial charge in [-0.2, -0.15) is 0 Å². The molecular weight excluding hydrogens is 281 g/mol. The van der Waals surface area contributed by atoms with Crippen molar-refractivity contribution < 1.29 is 4.42 Å². The number of furan rings is 1. The van der Waals surface area contributed by atoms with Crippen LogP contribution in [0.2, 0.25) is 10.0 Å². The second-order valence-electron chi connectivity index (χ2n) is 4.51. The molecule has 3 rings (SSSR count). The van der Waals surface area contributed by atoms with Gasteiger partial charge in [0, 0.05) is 21.7 Å². The van der Waals surface area contributed by atoms with E-state index in [0.717, 1.165) is 16.5 Å². The number of nitrogens with two attached hydrogens (primary N) is 1. The molecular formula is C15H11Cl2NO. The molecule has 0 atom stereocenters. The largest absolute Gasteiger partial charge is 0.454 e. The van der Waals surface area contributed by atoms with Crippen molar-refractivity contribution in [3.8, 4) is 11.3 Å². The quantitative estimate of drug-likeness (QED) is 0.618. The number of benzene rings is 2. The highest BCUT2D eigenvalue weighted by atomic mass is 35.5. The van der Waals surface area contributed by atoms with Crippen molar-refractivity contribution in [1.29, 1.82) is 0 Å². The van der Waals surface area contributed by atoms with E-state index >= 15 is 0 Å². The van der Waals surface area contributed by atoms with Crippen LogP contribution in [0.4, 0.5) is 5.69 Å². The van der Waals surface area contributed by atoms with Crippen molar-refractivity contribution in [1.82, 2.24) is 0 Å². The number of hydrogen-bond acceptors (Lipinski definition) is 2. The van der Waals surface area contributed by atoms with Crippen molar-refractivity contribution in [2.45, 2.75) is 6.92 Å². The van der Waals surface area contributed by atoms with Crippen molar-refractivity contribution in [2.75, 3.05) is 5.73 Å². The Hall–Kier alpha value is -1.64. The van der Waals surface area contributed by atoms with Gasteiger partial charge in [-0.15, -0.1) is 0 Å². The Morgan fingerprint density at radius 2 is 1.84 bits per heavy atom. The van der Waals surface area contributed by atoms with E-state index in [1.807, 2.05) is 37.3 Å². The highest BCUT2D eigenvalue weighted by molar-refractivity contribution is 6.38. The number of nitrogen functional groups attached to an aromatic ring is 1. The molecule has 0 unspecified atom stereocenters. The van der Waals surface area contributed by atoms with Gasteiger partial charge in [-0.1, -0.05) is 34.8 Å². The van der Waals surface area contributed by atoms with Crippen molar-refractivity contribution in [2.24, 2.45) is 0 Å². The lowest BCUT2D eigenvalue weighted by Gasteiger charge is -2.03. The molecule has 19 heavy (non-hydrogen) atoms. The number of aryl methyl sites for hydroxylation is 1. The Labute approximate surface area is 120 Å². The van der Waals surface area contributed by atoms with Gasteiger partial charge in [0.25, 0.3) is 0 Å². The Kier molecular flexibility index (Phi) is 2.92. The predicted molar refractivity (Wildman–Crippen MR) is 80.8 cm³/mol. The van der Waals surface area contributed by atoms with Gasteiger partial charge in [-0.25, -0.2) is 0 Å². The average molecular weight is 292 g/mol. The zero-order valence-corrected chi connectivity index (χ0v) is 11.7. The molecule has 0 saturated heterocycles. The fraction of sp³-hybridized carbons (Fsp3) is 0.0667. The minimum absolute atomic E-state index is 0.500. The lowest BCUT2D eigenvalue weighted by Crippen LogP contribution is -1.89. The molecule has 2 nitrogen and oxygen atoms in total. The predicted octanol–water partition coefficient (Wildman–Crippen LogP) is 5.30. The topological polar surface area (TPSA) is 39.2 Å². The van der Waals surface area contributed by atoms with Crippen molar-refractivity contribution in [3.63, 3.8) is 0 Å². The van der Waals surface area contributed by atoms with E-state index in [1.54, 1.807) is 6.07 Å². The molecule has 96 valence electrons. The van der Waals surface area contributed by atoms with Crippen LogP contribution < -0.4 is 5.73 Å². The van der Waals surface area contributed by atoms with Crippen LogP contribution in [-0.4, -0.2) is 0 Å². The van der Waals surface area contributed by atoms with Crippen LogP contribution in [0.25, 0.3) is 22.3 Å². The van der Waals surface area contributed by atoms with Gasteiger partial charge in [0.15, 0.2) is 5.58 Å². The smallest absolute Gasteiger partial charge is 0.153 e. The first-order valence-corrected chi connectivity index (χ1v) is 6.55. The molecule has 0 bridgehead atoms. The Balaban J connectivity index is 2.26. The van der Waals surface area contributed by atoms with Crippen LogP contribution in [-0.2, 0) is 0 Å². The number of fused-ring (bicyclic) bond motifs is 1. The van der Waals surface area contributed by atoms with E-state index in [2.05, 4.69) is 0 Å². The molecule has 1 heterocycles. The van der Waals surface area contributed by atoms with E-state index in [-0.39, 0.29) is 0 Å². The van der Waals surface area contributed by atoms with Crippen LogP contribution in [0, 0.1) is 6.92 Å². The third kappa shape index (κ3) is 2.18. The number of halogens is 2. The molecule has 0 amide bonds. The van der Waals surface area contributed by atoms with Crippen LogP contribution >= 0.6 is 23.2 Å². The Bertz CT molecular complexity index is 777. The van der Waals surface area contributed by atoms with E-state index in [4.69, 9.17) is 33.4 Å². The molecule has 0 radical (unpaired) electrons. The Morgan fingerprint density at radius 1 is 1.05 bits per heavy atom. The fourth-order valence-electron chi connectivity index (χ4n) is 2.09. The van der Waals surface area contributed by atoms with Gasteiger partial charge in [0.1, 0.15) is 5.76 Å². The van der Waals surface area contributed by atoms with Crippen molar-refractivity contribution in [3.05, 3.63) is 52.0 Å². The fourth-order valence-corrected chi connectivity index (χ4v) is 2.64. The molecule has 2 N–H and O–H groups in total. The molecule has 0 aliphatic rings. The summed E-state index contributed by atoms with van der Waals surface area (Å²) in [5.74, 6) is 0.695. The maximum absolute atomic E-state index is 6.12. The van der Waals surface area contributed by atoms with Crippen molar-refractivity contribution >= 4 is 39.9 Å². The van der Waals surface area contributed by atoms with E-state index in [9.17, 15) is 0 Å². The second-order valence-corrected chi connectivity index (χ2v) is 5.35. The summed E-state index contributed by atoms with van der Waals surface area (Å²) in [5.41, 5.74) is 9.28. The zero-order chi connectivity index (χ0) is 13.6. The molecule has 3 aromatic rings. The second kappa shape index (κ2) is 4.48. The number of hydrogen-bond donors (Lipinski definition) is 1. The molecule has 0 aliphatic heterocycles. The zero-order valence-electron chi connectivity index (χ0n) is 10.2. The maximum atomic E-state index is 6.12. The first-order valence-electron chi connectivity index (χ1n) is 5.79. The summed E-state index contributed by atoms with van der Waals surface area (Å²) >= 11 is 12.1.